The maximum atomic E-state index is 12.5. The first kappa shape index (κ1) is 15.3. The van der Waals surface area contributed by atoms with Crippen molar-refractivity contribution in [3.63, 3.8) is 0 Å². The predicted molar refractivity (Wildman–Crippen MR) is 96.6 cm³/mol. The highest BCUT2D eigenvalue weighted by molar-refractivity contribution is 5.95. The van der Waals surface area contributed by atoms with Gasteiger partial charge in [-0.2, -0.15) is 5.10 Å². The number of H-pyrrole nitrogens is 1. The van der Waals surface area contributed by atoms with Crippen molar-refractivity contribution in [2.45, 2.75) is 38.1 Å². The summed E-state index contributed by atoms with van der Waals surface area (Å²) in [6, 6.07) is 5.85. The average Bonchev–Trinajstić information content (AvgIpc) is 3.42. The SMILES string of the molecule is O=C(NCc1cnc(C2CC2)cn1)c1ccc2c(c1)CCc1cn[nH]c1-2. The Hall–Kier alpha value is -3.02. The molecule has 5 rings (SSSR count). The molecule has 6 nitrogen and oxygen atoms in total. The van der Waals surface area contributed by atoms with E-state index in [1.54, 1.807) is 6.20 Å². The molecular formula is C20H19N5O. The summed E-state index contributed by atoms with van der Waals surface area (Å²) >= 11 is 0. The number of hydrogen-bond donors (Lipinski definition) is 2. The molecule has 0 spiro atoms. The van der Waals surface area contributed by atoms with Crippen molar-refractivity contribution in [1.82, 2.24) is 25.5 Å². The summed E-state index contributed by atoms with van der Waals surface area (Å²) in [5.41, 5.74) is 7.15. The molecule has 1 aromatic carbocycles. The zero-order valence-corrected chi connectivity index (χ0v) is 14.3. The maximum absolute atomic E-state index is 12.5. The Morgan fingerprint density at radius 3 is 2.81 bits per heavy atom. The van der Waals surface area contributed by atoms with Gasteiger partial charge in [-0.1, -0.05) is 6.07 Å². The second-order valence-corrected chi connectivity index (χ2v) is 7.03. The van der Waals surface area contributed by atoms with Gasteiger partial charge in [0.1, 0.15) is 0 Å². The molecule has 0 radical (unpaired) electrons. The zero-order valence-electron chi connectivity index (χ0n) is 14.3. The van der Waals surface area contributed by atoms with Crippen LogP contribution in [0.15, 0.2) is 36.8 Å². The van der Waals surface area contributed by atoms with E-state index in [2.05, 4.69) is 25.5 Å². The highest BCUT2D eigenvalue weighted by Gasteiger charge is 2.25. The summed E-state index contributed by atoms with van der Waals surface area (Å²) in [6.07, 6.45) is 9.78. The lowest BCUT2D eigenvalue weighted by molar-refractivity contribution is 0.0950. The summed E-state index contributed by atoms with van der Waals surface area (Å²) in [7, 11) is 0. The molecule has 6 heteroatoms. The minimum absolute atomic E-state index is 0.0868. The van der Waals surface area contributed by atoms with Gasteiger partial charge in [0.15, 0.2) is 0 Å². The Bertz CT molecular complexity index is 972. The van der Waals surface area contributed by atoms with Crippen LogP contribution in [0.1, 0.15) is 51.6 Å². The first-order valence-electron chi connectivity index (χ1n) is 9.02. The van der Waals surface area contributed by atoms with Crippen LogP contribution in [-0.4, -0.2) is 26.1 Å². The fraction of sp³-hybridized carbons (Fsp3) is 0.300. The molecule has 2 heterocycles. The molecule has 2 aliphatic carbocycles. The summed E-state index contributed by atoms with van der Waals surface area (Å²) in [4.78, 5) is 21.4. The van der Waals surface area contributed by atoms with Crippen LogP contribution in [0.5, 0.6) is 0 Å². The number of carbonyl (C=O) groups is 1. The minimum atomic E-state index is -0.0868. The number of nitrogens with zero attached hydrogens (tertiary/aromatic N) is 3. The Morgan fingerprint density at radius 1 is 1.12 bits per heavy atom. The number of carbonyl (C=O) groups excluding carboxylic acids is 1. The van der Waals surface area contributed by atoms with Crippen LogP contribution in [0.2, 0.25) is 0 Å². The van der Waals surface area contributed by atoms with Gasteiger partial charge in [0.2, 0.25) is 0 Å². The van der Waals surface area contributed by atoms with Crippen LogP contribution in [0.3, 0.4) is 0 Å². The van der Waals surface area contributed by atoms with Crippen molar-refractivity contribution in [3.05, 3.63) is 64.9 Å². The van der Waals surface area contributed by atoms with Gasteiger partial charge in [-0.05, 0) is 48.9 Å². The van der Waals surface area contributed by atoms with Crippen molar-refractivity contribution in [3.8, 4) is 11.3 Å². The molecule has 26 heavy (non-hydrogen) atoms. The number of amides is 1. The first-order valence-corrected chi connectivity index (χ1v) is 9.02. The summed E-state index contributed by atoms with van der Waals surface area (Å²) < 4.78 is 0. The molecule has 2 aromatic heterocycles. The van der Waals surface area contributed by atoms with Crippen LogP contribution in [0, 0.1) is 0 Å². The van der Waals surface area contributed by atoms with E-state index in [-0.39, 0.29) is 5.91 Å². The van der Waals surface area contributed by atoms with Gasteiger partial charge in [-0.15, -0.1) is 0 Å². The van der Waals surface area contributed by atoms with Gasteiger partial charge in [-0.3, -0.25) is 19.9 Å². The highest BCUT2D eigenvalue weighted by atomic mass is 16.1. The van der Waals surface area contributed by atoms with Crippen LogP contribution in [0.4, 0.5) is 0 Å². The Kier molecular flexibility index (Phi) is 3.55. The van der Waals surface area contributed by atoms with E-state index in [1.165, 1.54) is 24.0 Å². The van der Waals surface area contributed by atoms with Gasteiger partial charge in [0.05, 0.1) is 36.0 Å². The molecule has 2 aliphatic rings. The maximum Gasteiger partial charge on any atom is 0.251 e. The molecular weight excluding hydrogens is 326 g/mol. The summed E-state index contributed by atoms with van der Waals surface area (Å²) in [6.45, 7) is 0.387. The molecule has 1 fully saturated rings. The van der Waals surface area contributed by atoms with E-state index in [0.29, 0.717) is 18.0 Å². The lowest BCUT2D eigenvalue weighted by atomic mass is 9.89. The number of aromatic amines is 1. The third kappa shape index (κ3) is 2.77. The minimum Gasteiger partial charge on any atom is -0.346 e. The smallest absolute Gasteiger partial charge is 0.251 e. The second kappa shape index (κ2) is 6.05. The molecule has 1 saturated carbocycles. The van der Waals surface area contributed by atoms with Crippen LogP contribution in [0.25, 0.3) is 11.3 Å². The quantitative estimate of drug-likeness (QED) is 0.761. The Labute approximate surface area is 151 Å². The van der Waals surface area contributed by atoms with Crippen molar-refractivity contribution >= 4 is 5.91 Å². The normalized spacial score (nSPS) is 15.2. The van der Waals surface area contributed by atoms with Crippen molar-refractivity contribution in [2.24, 2.45) is 0 Å². The number of aryl methyl sites for hydroxylation is 2. The molecule has 1 amide bonds. The van der Waals surface area contributed by atoms with Crippen LogP contribution >= 0.6 is 0 Å². The van der Waals surface area contributed by atoms with E-state index in [0.717, 1.165) is 35.5 Å². The van der Waals surface area contributed by atoms with E-state index in [4.69, 9.17) is 0 Å². The van der Waals surface area contributed by atoms with E-state index in [1.807, 2.05) is 30.6 Å². The Morgan fingerprint density at radius 2 is 2.00 bits per heavy atom. The number of nitrogens with one attached hydrogen (secondary N) is 2. The van der Waals surface area contributed by atoms with Gasteiger partial charge >= 0.3 is 0 Å². The van der Waals surface area contributed by atoms with Gasteiger partial charge in [0, 0.05) is 23.2 Å². The molecule has 0 saturated heterocycles. The zero-order chi connectivity index (χ0) is 17.5. The summed E-state index contributed by atoms with van der Waals surface area (Å²) in [5, 5.41) is 10.1. The average molecular weight is 345 g/mol. The lowest BCUT2D eigenvalue weighted by Crippen LogP contribution is -2.23. The number of fused-ring (bicyclic) bond motifs is 3. The van der Waals surface area contributed by atoms with Crippen molar-refractivity contribution < 1.29 is 4.79 Å². The largest absolute Gasteiger partial charge is 0.346 e. The molecule has 3 aromatic rings. The van der Waals surface area contributed by atoms with E-state index in [9.17, 15) is 4.79 Å². The third-order valence-electron chi connectivity index (χ3n) is 5.17. The molecule has 2 N–H and O–H groups in total. The number of hydrogen-bond acceptors (Lipinski definition) is 4. The van der Waals surface area contributed by atoms with E-state index < -0.39 is 0 Å². The predicted octanol–water partition coefficient (Wildman–Crippen LogP) is 2.77. The first-order chi connectivity index (χ1) is 12.8. The topological polar surface area (TPSA) is 83.6 Å². The molecule has 0 bridgehead atoms. The van der Waals surface area contributed by atoms with Crippen LogP contribution < -0.4 is 5.32 Å². The number of rotatable bonds is 4. The second-order valence-electron chi connectivity index (χ2n) is 7.03. The fourth-order valence-electron chi connectivity index (χ4n) is 3.51. The number of benzene rings is 1. The van der Waals surface area contributed by atoms with Crippen molar-refractivity contribution in [2.75, 3.05) is 0 Å². The Balaban J connectivity index is 1.28. The van der Waals surface area contributed by atoms with Crippen molar-refractivity contribution in [1.29, 1.82) is 0 Å². The monoisotopic (exact) mass is 345 g/mol. The third-order valence-corrected chi connectivity index (χ3v) is 5.17. The standard InChI is InChI=1S/C20H19N5O/c26-20(23-10-16-9-22-18(11-21-16)12-1-2-12)14-5-6-17-13(7-14)3-4-15-8-24-25-19(15)17/h5-9,11-12H,1-4,10H2,(H,23,26)(H,24,25). The lowest BCUT2D eigenvalue weighted by Gasteiger charge is -2.16. The molecule has 130 valence electrons. The highest BCUT2D eigenvalue weighted by Crippen LogP contribution is 2.38. The molecule has 0 aliphatic heterocycles. The van der Waals surface area contributed by atoms with Gasteiger partial charge in [0.25, 0.3) is 5.91 Å². The molecule has 0 atom stereocenters. The fourth-order valence-corrected chi connectivity index (χ4v) is 3.51. The van der Waals surface area contributed by atoms with Gasteiger partial charge in [-0.25, -0.2) is 0 Å². The van der Waals surface area contributed by atoms with Gasteiger partial charge < -0.3 is 5.32 Å². The van der Waals surface area contributed by atoms with Crippen LogP contribution in [-0.2, 0) is 19.4 Å². The van der Waals surface area contributed by atoms with E-state index >= 15 is 0 Å². The molecule has 0 unspecified atom stereocenters. The summed E-state index contributed by atoms with van der Waals surface area (Å²) in [5.74, 6) is 0.508. The number of aromatic nitrogens is 4.